The van der Waals surface area contributed by atoms with Crippen LogP contribution in [0, 0.1) is 17.0 Å². The van der Waals surface area contributed by atoms with Gasteiger partial charge in [0.05, 0.1) is 11.5 Å². The molecule has 2 aromatic rings. The number of nitrogens with one attached hydrogen (secondary N) is 1. The second-order valence-corrected chi connectivity index (χ2v) is 4.06. The molecule has 104 valence electrons. The number of hydrogen-bond acceptors (Lipinski definition) is 6. The molecule has 0 fully saturated rings. The average molecular weight is 277 g/mol. The van der Waals surface area contributed by atoms with Gasteiger partial charge in [0.25, 0.3) is 0 Å². The number of aromatic carboxylic acids is 1. The van der Waals surface area contributed by atoms with Gasteiger partial charge >= 0.3 is 11.7 Å². The van der Waals surface area contributed by atoms with Gasteiger partial charge < -0.3 is 14.8 Å². The maximum absolute atomic E-state index is 10.9. The summed E-state index contributed by atoms with van der Waals surface area (Å²) in [6.07, 6.45) is 1.50. The molecule has 2 N–H and O–H groups in total. The first-order chi connectivity index (χ1) is 9.47. The van der Waals surface area contributed by atoms with Crippen molar-refractivity contribution in [2.75, 3.05) is 5.32 Å². The van der Waals surface area contributed by atoms with Crippen molar-refractivity contribution in [2.24, 2.45) is 0 Å². The van der Waals surface area contributed by atoms with Gasteiger partial charge in [-0.05, 0) is 24.6 Å². The lowest BCUT2D eigenvalue weighted by molar-refractivity contribution is -0.384. The summed E-state index contributed by atoms with van der Waals surface area (Å²) >= 11 is 0. The molecule has 8 nitrogen and oxygen atoms in total. The fourth-order valence-corrected chi connectivity index (χ4v) is 1.59. The number of carboxylic acid groups (broad SMARTS) is 1. The average Bonchev–Trinajstić information content (AvgIpc) is 2.86. The minimum atomic E-state index is -1.17. The zero-order valence-electron chi connectivity index (χ0n) is 10.5. The molecule has 0 aliphatic rings. The Labute approximate surface area is 113 Å². The Kier molecular flexibility index (Phi) is 3.65. The van der Waals surface area contributed by atoms with Crippen LogP contribution in [0.1, 0.15) is 21.9 Å². The van der Waals surface area contributed by atoms with E-state index in [1.54, 1.807) is 6.92 Å². The van der Waals surface area contributed by atoms with Gasteiger partial charge in [-0.2, -0.15) is 0 Å². The molecular formula is C12H11N3O5. The summed E-state index contributed by atoms with van der Waals surface area (Å²) in [7, 11) is 0. The van der Waals surface area contributed by atoms with E-state index in [1.165, 1.54) is 24.4 Å². The zero-order valence-corrected chi connectivity index (χ0v) is 10.5. The molecule has 8 heteroatoms. The summed E-state index contributed by atoms with van der Waals surface area (Å²) in [5.74, 6) is -0.906. The molecule has 2 aromatic heterocycles. The highest BCUT2D eigenvalue weighted by Gasteiger charge is 2.16. The SMILES string of the molecule is Cc1cnc(NCc2ccc(C(=O)O)o2)c([N+](=O)[O-])c1. The number of rotatable bonds is 5. The van der Waals surface area contributed by atoms with Gasteiger partial charge in [0.1, 0.15) is 5.76 Å². The molecule has 2 heterocycles. The van der Waals surface area contributed by atoms with Crippen molar-refractivity contribution in [2.45, 2.75) is 13.5 Å². The Morgan fingerprint density at radius 3 is 2.90 bits per heavy atom. The number of anilines is 1. The summed E-state index contributed by atoms with van der Waals surface area (Å²) < 4.78 is 5.03. The van der Waals surface area contributed by atoms with Gasteiger partial charge in [-0.1, -0.05) is 0 Å². The van der Waals surface area contributed by atoms with E-state index in [2.05, 4.69) is 10.3 Å². The maximum Gasteiger partial charge on any atom is 0.371 e. The first-order valence-electron chi connectivity index (χ1n) is 5.64. The lowest BCUT2D eigenvalue weighted by atomic mass is 10.3. The largest absolute Gasteiger partial charge is 0.475 e. The highest BCUT2D eigenvalue weighted by atomic mass is 16.6. The van der Waals surface area contributed by atoms with Crippen molar-refractivity contribution in [3.8, 4) is 0 Å². The van der Waals surface area contributed by atoms with Crippen LogP contribution in [0.25, 0.3) is 0 Å². The van der Waals surface area contributed by atoms with Crippen molar-refractivity contribution in [1.29, 1.82) is 0 Å². The van der Waals surface area contributed by atoms with Crippen molar-refractivity contribution in [1.82, 2.24) is 4.98 Å². The van der Waals surface area contributed by atoms with Gasteiger partial charge in [-0.25, -0.2) is 9.78 Å². The monoisotopic (exact) mass is 277 g/mol. The third-order valence-corrected chi connectivity index (χ3v) is 2.50. The van der Waals surface area contributed by atoms with E-state index in [4.69, 9.17) is 9.52 Å². The first-order valence-corrected chi connectivity index (χ1v) is 5.64. The normalized spacial score (nSPS) is 10.2. The number of furan rings is 1. The number of carbonyl (C=O) groups is 1. The smallest absolute Gasteiger partial charge is 0.371 e. The molecule has 0 bridgehead atoms. The summed E-state index contributed by atoms with van der Waals surface area (Å²) in [6, 6.07) is 4.20. The number of hydrogen-bond donors (Lipinski definition) is 2. The highest BCUT2D eigenvalue weighted by Crippen LogP contribution is 2.23. The van der Waals surface area contributed by atoms with E-state index < -0.39 is 10.9 Å². The van der Waals surface area contributed by atoms with Crippen LogP contribution in [0.2, 0.25) is 0 Å². The van der Waals surface area contributed by atoms with Crippen LogP contribution >= 0.6 is 0 Å². The topological polar surface area (TPSA) is 118 Å². The molecule has 0 atom stereocenters. The van der Waals surface area contributed by atoms with Crippen LogP contribution < -0.4 is 5.32 Å². The fourth-order valence-electron chi connectivity index (χ4n) is 1.59. The number of pyridine rings is 1. The molecule has 0 radical (unpaired) electrons. The standard InChI is InChI=1S/C12H11N3O5/c1-7-4-9(15(18)19)11(13-5-7)14-6-8-2-3-10(20-8)12(16)17/h2-5H,6H2,1H3,(H,13,14)(H,16,17). The molecule has 0 amide bonds. The number of nitrogens with zero attached hydrogens (tertiary/aromatic N) is 2. The third kappa shape index (κ3) is 2.91. The molecule has 0 saturated carbocycles. The predicted octanol–water partition coefficient (Wildman–Crippen LogP) is 2.20. The summed E-state index contributed by atoms with van der Waals surface area (Å²) in [6.45, 7) is 1.81. The van der Waals surface area contributed by atoms with Gasteiger partial charge in [0.15, 0.2) is 0 Å². The van der Waals surface area contributed by atoms with Gasteiger partial charge in [-0.3, -0.25) is 10.1 Å². The molecule has 20 heavy (non-hydrogen) atoms. The van der Waals surface area contributed by atoms with Crippen molar-refractivity contribution in [3.05, 3.63) is 51.6 Å². The van der Waals surface area contributed by atoms with Crippen LogP contribution in [-0.2, 0) is 6.54 Å². The maximum atomic E-state index is 10.9. The van der Waals surface area contributed by atoms with Crippen molar-refractivity contribution < 1.29 is 19.2 Å². The molecule has 0 spiro atoms. The van der Waals surface area contributed by atoms with Crippen molar-refractivity contribution >= 4 is 17.5 Å². The number of aryl methyl sites for hydroxylation is 1. The summed E-state index contributed by atoms with van der Waals surface area (Å²) in [5, 5.41) is 22.4. The number of carboxylic acids is 1. The Hall–Kier alpha value is -2.90. The molecule has 0 aliphatic heterocycles. The molecular weight excluding hydrogens is 266 g/mol. The van der Waals surface area contributed by atoms with Crippen LogP contribution in [0.15, 0.2) is 28.8 Å². The van der Waals surface area contributed by atoms with E-state index in [0.29, 0.717) is 11.3 Å². The van der Waals surface area contributed by atoms with E-state index in [9.17, 15) is 14.9 Å². The molecule has 0 unspecified atom stereocenters. The minimum absolute atomic E-state index is 0.101. The predicted molar refractivity (Wildman–Crippen MR) is 68.6 cm³/mol. The Balaban J connectivity index is 2.14. The van der Waals surface area contributed by atoms with E-state index in [1.807, 2.05) is 0 Å². The molecule has 0 aliphatic carbocycles. The minimum Gasteiger partial charge on any atom is -0.475 e. The van der Waals surface area contributed by atoms with E-state index >= 15 is 0 Å². The lowest BCUT2D eigenvalue weighted by Crippen LogP contribution is -2.04. The molecule has 0 aromatic carbocycles. The third-order valence-electron chi connectivity index (χ3n) is 2.50. The molecule has 0 saturated heterocycles. The Bertz CT molecular complexity index is 665. The lowest BCUT2D eigenvalue weighted by Gasteiger charge is -2.04. The van der Waals surface area contributed by atoms with Crippen LogP contribution in [0.5, 0.6) is 0 Å². The van der Waals surface area contributed by atoms with Gasteiger partial charge in [0.2, 0.25) is 11.6 Å². The van der Waals surface area contributed by atoms with Crippen LogP contribution in [0.4, 0.5) is 11.5 Å². The molecule has 2 rings (SSSR count). The second kappa shape index (κ2) is 5.39. The van der Waals surface area contributed by atoms with Crippen LogP contribution in [-0.4, -0.2) is 21.0 Å². The fraction of sp³-hybridized carbons (Fsp3) is 0.167. The quantitative estimate of drug-likeness (QED) is 0.635. The van der Waals surface area contributed by atoms with E-state index in [0.717, 1.165) is 0 Å². The van der Waals surface area contributed by atoms with Gasteiger partial charge in [0, 0.05) is 12.3 Å². The number of nitro groups is 1. The van der Waals surface area contributed by atoms with Gasteiger partial charge in [-0.15, -0.1) is 0 Å². The van der Waals surface area contributed by atoms with E-state index in [-0.39, 0.29) is 23.8 Å². The Morgan fingerprint density at radius 2 is 2.30 bits per heavy atom. The zero-order chi connectivity index (χ0) is 14.7. The Morgan fingerprint density at radius 1 is 1.55 bits per heavy atom. The second-order valence-electron chi connectivity index (χ2n) is 4.06. The highest BCUT2D eigenvalue weighted by molar-refractivity contribution is 5.84. The number of aromatic nitrogens is 1. The first kappa shape index (κ1) is 13.5. The van der Waals surface area contributed by atoms with Crippen LogP contribution in [0.3, 0.4) is 0 Å². The summed E-state index contributed by atoms with van der Waals surface area (Å²) in [5.41, 5.74) is 0.531. The van der Waals surface area contributed by atoms with Crippen molar-refractivity contribution in [3.63, 3.8) is 0 Å². The summed E-state index contributed by atoms with van der Waals surface area (Å²) in [4.78, 5) is 25.0.